The van der Waals surface area contributed by atoms with Crippen LogP contribution in [0.25, 0.3) is 10.8 Å². The van der Waals surface area contributed by atoms with E-state index in [9.17, 15) is 9.59 Å². The number of fused-ring (bicyclic) bond motifs is 1. The third-order valence-corrected chi connectivity index (χ3v) is 3.90. The van der Waals surface area contributed by atoms with Gasteiger partial charge in [-0.1, -0.05) is 48.5 Å². The van der Waals surface area contributed by atoms with E-state index in [2.05, 4.69) is 5.10 Å². The Morgan fingerprint density at radius 2 is 1.69 bits per heavy atom. The van der Waals surface area contributed by atoms with Crippen molar-refractivity contribution in [2.75, 3.05) is 19.8 Å². The number of aromatic nitrogens is 2. The predicted molar refractivity (Wildman–Crippen MR) is 98.3 cm³/mol. The molecule has 0 aliphatic heterocycles. The van der Waals surface area contributed by atoms with E-state index in [0.717, 1.165) is 5.56 Å². The lowest BCUT2D eigenvalue weighted by atomic mass is 10.1. The highest BCUT2D eigenvalue weighted by atomic mass is 16.6. The van der Waals surface area contributed by atoms with Crippen molar-refractivity contribution in [2.45, 2.75) is 13.5 Å². The number of ether oxygens (including phenoxy) is 2. The Kier molecular flexibility index (Phi) is 5.76. The maximum absolute atomic E-state index is 12.7. The molecule has 1 heterocycles. The van der Waals surface area contributed by atoms with E-state index < -0.39 is 5.97 Å². The molecule has 3 rings (SSSR count). The zero-order valence-electron chi connectivity index (χ0n) is 14.6. The molecule has 3 aromatic rings. The molecule has 0 aliphatic carbocycles. The van der Waals surface area contributed by atoms with Crippen molar-refractivity contribution in [1.29, 1.82) is 0 Å². The van der Waals surface area contributed by atoms with Crippen LogP contribution in [0, 0.1) is 0 Å². The number of esters is 1. The van der Waals surface area contributed by atoms with Gasteiger partial charge in [-0.2, -0.15) is 5.10 Å². The smallest absolute Gasteiger partial charge is 0.359 e. The molecule has 0 aliphatic rings. The summed E-state index contributed by atoms with van der Waals surface area (Å²) in [6.07, 6.45) is 0. The maximum Gasteiger partial charge on any atom is 0.359 e. The third kappa shape index (κ3) is 3.97. The number of nitrogens with zero attached hydrogens (tertiary/aromatic N) is 2. The summed E-state index contributed by atoms with van der Waals surface area (Å²) in [5.41, 5.74) is 0.816. The van der Waals surface area contributed by atoms with Gasteiger partial charge in [0.15, 0.2) is 5.69 Å². The highest BCUT2D eigenvalue weighted by Crippen LogP contribution is 2.15. The molecular formula is C20H20N2O4. The molecule has 0 atom stereocenters. The first-order valence-electron chi connectivity index (χ1n) is 8.49. The highest BCUT2D eigenvalue weighted by Gasteiger charge is 2.18. The molecule has 0 amide bonds. The molecule has 0 radical (unpaired) electrons. The second-order valence-electron chi connectivity index (χ2n) is 5.68. The van der Waals surface area contributed by atoms with Crippen LogP contribution in [0.15, 0.2) is 59.4 Å². The second-order valence-corrected chi connectivity index (χ2v) is 5.68. The van der Waals surface area contributed by atoms with Crippen molar-refractivity contribution in [3.63, 3.8) is 0 Å². The fraction of sp³-hybridized carbons (Fsp3) is 0.250. The van der Waals surface area contributed by atoms with Gasteiger partial charge in [0.1, 0.15) is 6.61 Å². The molecule has 2 aromatic carbocycles. The summed E-state index contributed by atoms with van der Waals surface area (Å²) in [6.45, 7) is 3.17. The van der Waals surface area contributed by atoms with Crippen LogP contribution in [0.2, 0.25) is 0 Å². The molecule has 0 saturated carbocycles. The zero-order valence-corrected chi connectivity index (χ0v) is 14.6. The lowest BCUT2D eigenvalue weighted by Gasteiger charge is -2.11. The lowest BCUT2D eigenvalue weighted by Crippen LogP contribution is -2.27. The van der Waals surface area contributed by atoms with E-state index >= 15 is 0 Å². The summed E-state index contributed by atoms with van der Waals surface area (Å²) in [5, 5.41) is 5.21. The Bertz CT molecular complexity index is 951. The summed E-state index contributed by atoms with van der Waals surface area (Å²) < 4.78 is 11.7. The third-order valence-electron chi connectivity index (χ3n) is 3.90. The SMILES string of the molecule is CCOCCOC(=O)c1nn(Cc2ccccc2)c(=O)c2ccccc12. The molecule has 6 nitrogen and oxygen atoms in total. The van der Waals surface area contributed by atoms with Gasteiger partial charge < -0.3 is 9.47 Å². The van der Waals surface area contributed by atoms with Gasteiger partial charge in [-0.25, -0.2) is 9.48 Å². The number of hydrogen-bond acceptors (Lipinski definition) is 5. The van der Waals surface area contributed by atoms with Crippen molar-refractivity contribution in [2.24, 2.45) is 0 Å². The molecular weight excluding hydrogens is 332 g/mol. The van der Waals surface area contributed by atoms with E-state index in [-0.39, 0.29) is 24.4 Å². The van der Waals surface area contributed by atoms with Crippen molar-refractivity contribution < 1.29 is 14.3 Å². The van der Waals surface area contributed by atoms with Crippen LogP contribution in [0.4, 0.5) is 0 Å². The van der Waals surface area contributed by atoms with Gasteiger partial charge in [-0.15, -0.1) is 0 Å². The van der Waals surface area contributed by atoms with Gasteiger partial charge in [0.2, 0.25) is 0 Å². The fourth-order valence-corrected chi connectivity index (χ4v) is 2.66. The van der Waals surface area contributed by atoms with Gasteiger partial charge in [-0.05, 0) is 18.6 Å². The summed E-state index contributed by atoms with van der Waals surface area (Å²) in [4.78, 5) is 25.2. The number of rotatable bonds is 7. The van der Waals surface area contributed by atoms with Crippen molar-refractivity contribution in [3.05, 3.63) is 76.2 Å². The largest absolute Gasteiger partial charge is 0.458 e. The molecule has 0 saturated heterocycles. The molecule has 0 bridgehead atoms. The van der Waals surface area contributed by atoms with E-state index in [1.807, 2.05) is 37.3 Å². The van der Waals surface area contributed by atoms with Gasteiger partial charge in [-0.3, -0.25) is 4.79 Å². The number of benzene rings is 2. The first-order valence-corrected chi connectivity index (χ1v) is 8.49. The normalized spacial score (nSPS) is 10.8. The minimum absolute atomic E-state index is 0.132. The van der Waals surface area contributed by atoms with Crippen LogP contribution >= 0.6 is 0 Å². The van der Waals surface area contributed by atoms with Gasteiger partial charge in [0.25, 0.3) is 5.56 Å². The van der Waals surface area contributed by atoms with E-state index in [4.69, 9.17) is 9.47 Å². The van der Waals surface area contributed by atoms with Crippen LogP contribution in [0.3, 0.4) is 0 Å². The highest BCUT2D eigenvalue weighted by molar-refractivity contribution is 6.02. The van der Waals surface area contributed by atoms with Crippen LogP contribution in [0.5, 0.6) is 0 Å². The average Bonchev–Trinajstić information content (AvgIpc) is 2.68. The van der Waals surface area contributed by atoms with Crippen LogP contribution < -0.4 is 5.56 Å². The average molecular weight is 352 g/mol. The molecule has 1 aromatic heterocycles. The Balaban J connectivity index is 1.97. The molecule has 134 valence electrons. The molecule has 0 unspecified atom stereocenters. The zero-order chi connectivity index (χ0) is 18.4. The van der Waals surface area contributed by atoms with Crippen LogP contribution in [-0.2, 0) is 16.0 Å². The molecule has 0 spiro atoms. The van der Waals surface area contributed by atoms with Gasteiger partial charge in [0, 0.05) is 12.0 Å². The molecule has 0 fully saturated rings. The van der Waals surface area contributed by atoms with Crippen molar-refractivity contribution in [1.82, 2.24) is 9.78 Å². The summed E-state index contributed by atoms with van der Waals surface area (Å²) in [7, 11) is 0. The Morgan fingerprint density at radius 3 is 2.42 bits per heavy atom. The first kappa shape index (κ1) is 17.8. The predicted octanol–water partition coefficient (Wildman–Crippen LogP) is 2.64. The van der Waals surface area contributed by atoms with E-state index in [0.29, 0.717) is 24.0 Å². The van der Waals surface area contributed by atoms with Crippen molar-refractivity contribution in [3.8, 4) is 0 Å². The van der Waals surface area contributed by atoms with Gasteiger partial charge >= 0.3 is 5.97 Å². The lowest BCUT2D eigenvalue weighted by molar-refractivity contribution is 0.0329. The fourth-order valence-electron chi connectivity index (χ4n) is 2.66. The molecule has 6 heteroatoms. The van der Waals surface area contributed by atoms with Gasteiger partial charge in [0.05, 0.1) is 18.5 Å². The summed E-state index contributed by atoms with van der Waals surface area (Å²) >= 11 is 0. The Labute approximate surface area is 151 Å². The van der Waals surface area contributed by atoms with Crippen LogP contribution in [-0.4, -0.2) is 35.6 Å². The minimum Gasteiger partial charge on any atom is -0.458 e. The Morgan fingerprint density at radius 1 is 1.00 bits per heavy atom. The second kappa shape index (κ2) is 8.40. The van der Waals surface area contributed by atoms with Crippen molar-refractivity contribution >= 4 is 16.7 Å². The van der Waals surface area contributed by atoms with Crippen LogP contribution in [0.1, 0.15) is 23.0 Å². The monoisotopic (exact) mass is 352 g/mol. The topological polar surface area (TPSA) is 70.4 Å². The quantitative estimate of drug-likeness (QED) is 0.483. The maximum atomic E-state index is 12.7. The number of carbonyl (C=O) groups is 1. The standard InChI is InChI=1S/C20H20N2O4/c1-2-25-12-13-26-20(24)18-16-10-6-7-11-17(16)19(23)22(21-18)14-15-8-4-3-5-9-15/h3-11H,2,12-14H2,1H3. The minimum atomic E-state index is -0.567. The van der Waals surface area contributed by atoms with E-state index in [1.54, 1.807) is 24.3 Å². The summed E-state index contributed by atoms with van der Waals surface area (Å²) in [5.74, 6) is -0.567. The summed E-state index contributed by atoms with van der Waals surface area (Å²) in [6, 6.07) is 16.4. The first-order chi connectivity index (χ1) is 12.7. The Hall–Kier alpha value is -2.99. The number of hydrogen-bond donors (Lipinski definition) is 0. The molecule has 0 N–H and O–H groups in total. The van der Waals surface area contributed by atoms with E-state index in [1.165, 1.54) is 4.68 Å². The molecule has 26 heavy (non-hydrogen) atoms. The number of carbonyl (C=O) groups excluding carboxylic acids is 1.